The van der Waals surface area contributed by atoms with Gasteiger partial charge in [-0.3, -0.25) is 0 Å². The molecule has 0 atom stereocenters. The predicted octanol–water partition coefficient (Wildman–Crippen LogP) is 0.0406. The molecule has 45 valence electrons. The first-order valence-corrected chi connectivity index (χ1v) is 2.70. The summed E-state index contributed by atoms with van der Waals surface area (Å²) < 4.78 is 1.98. The van der Waals surface area contributed by atoms with Gasteiger partial charge in [0.1, 0.15) is 0 Å². The summed E-state index contributed by atoms with van der Waals surface area (Å²) in [6.45, 7) is 1.62. The van der Waals surface area contributed by atoms with Crippen LogP contribution in [-0.4, -0.2) is 11.6 Å². The van der Waals surface area contributed by atoms with Crippen LogP contribution in [0.1, 0.15) is 13.3 Å². The summed E-state index contributed by atoms with van der Waals surface area (Å²) in [6.07, 6.45) is 0.237. The van der Waals surface area contributed by atoms with Crippen LogP contribution in [0.5, 0.6) is 0 Å². The molecule has 0 saturated carbocycles. The maximum absolute atomic E-state index is 10.3. The van der Waals surface area contributed by atoms with Crippen LogP contribution in [0.2, 0.25) is 0 Å². The Labute approximate surface area is 55.2 Å². The van der Waals surface area contributed by atoms with Crippen molar-refractivity contribution in [3.05, 3.63) is 0 Å². The number of carbonyl (C=O) groups excluding carboxylic acids is 2. The van der Waals surface area contributed by atoms with Crippen molar-refractivity contribution in [2.24, 2.45) is 0 Å². The Kier molecular flexibility index (Phi) is 3.46. The van der Waals surface area contributed by atoms with Gasteiger partial charge in [-0.1, -0.05) is 0 Å². The summed E-state index contributed by atoms with van der Waals surface area (Å²) in [5.41, 5.74) is 0. The van der Waals surface area contributed by atoms with Crippen LogP contribution >= 0.6 is 0 Å². The molecule has 2 nitrogen and oxygen atoms in total. The monoisotopic (exact) mass is 153 g/mol. The third kappa shape index (κ3) is 2.08. The van der Waals surface area contributed by atoms with Crippen molar-refractivity contribution in [3.63, 3.8) is 0 Å². The summed E-state index contributed by atoms with van der Waals surface area (Å²) in [4.78, 5) is 20.5. The molecule has 0 rings (SSSR count). The second kappa shape index (κ2) is 3.62. The third-order valence-corrected chi connectivity index (χ3v) is 0.905. The fourth-order valence-electron chi connectivity index (χ4n) is 0.210. The van der Waals surface area contributed by atoms with Crippen molar-refractivity contribution in [2.45, 2.75) is 13.3 Å². The van der Waals surface area contributed by atoms with Crippen molar-refractivity contribution in [3.8, 4) is 4.73 Å². The van der Waals surface area contributed by atoms with Gasteiger partial charge < -0.3 is 0 Å². The number of rotatable bonds is 2. The van der Waals surface area contributed by atoms with E-state index in [9.17, 15) is 9.59 Å². The molecule has 0 amide bonds. The number of Topliss-reactive ketones (excluding diaryl/α,β-unsaturated/α-hetero) is 2. The molecule has 0 saturated heterocycles. The number of hydrogen-bond donors (Lipinski definition) is 0. The standard InChI is InChI=1S/C5H5O2.Fe/c1-3-5(7)4(2)6;/h3H2,1H3;. The Morgan fingerprint density at radius 2 is 2.12 bits per heavy atom. The van der Waals surface area contributed by atoms with Gasteiger partial charge in [-0.05, 0) is 0 Å². The maximum atomic E-state index is 10.3. The van der Waals surface area contributed by atoms with E-state index >= 15 is 0 Å². The molecule has 0 aromatic carbocycles. The SMILES string of the molecule is CCC(=O)C(=O)[C]#[Fe]. The molecule has 0 heterocycles. The van der Waals surface area contributed by atoms with Gasteiger partial charge in [0.2, 0.25) is 0 Å². The minimum absolute atomic E-state index is 0.237. The van der Waals surface area contributed by atoms with E-state index in [-0.39, 0.29) is 6.42 Å². The second-order valence-electron chi connectivity index (χ2n) is 1.19. The molecule has 0 N–H and O–H groups in total. The number of hydrogen-bond acceptors (Lipinski definition) is 2. The fraction of sp³-hybridized carbons (Fsp3) is 0.400. The number of ketones is 2. The van der Waals surface area contributed by atoms with Gasteiger partial charge in [0.15, 0.2) is 0 Å². The normalized spacial score (nSPS) is 7.62. The first-order chi connectivity index (χ1) is 3.72. The van der Waals surface area contributed by atoms with E-state index in [1.165, 1.54) is 0 Å². The van der Waals surface area contributed by atoms with Gasteiger partial charge in [-0.25, -0.2) is 0 Å². The van der Waals surface area contributed by atoms with E-state index in [0.29, 0.717) is 0 Å². The van der Waals surface area contributed by atoms with E-state index < -0.39 is 11.6 Å². The zero-order valence-electron chi connectivity index (χ0n) is 4.38. The molecule has 0 aliphatic heterocycles. The molecule has 0 aliphatic rings. The summed E-state index contributed by atoms with van der Waals surface area (Å²) in [5.74, 6) is -1.05. The Morgan fingerprint density at radius 3 is 2.25 bits per heavy atom. The Hall–Kier alpha value is -0.361. The molecule has 0 bridgehead atoms. The zero-order chi connectivity index (χ0) is 6.57. The van der Waals surface area contributed by atoms with Crippen LogP contribution in [0.4, 0.5) is 0 Å². The summed E-state index contributed by atoms with van der Waals surface area (Å²) in [5, 5.41) is 0. The van der Waals surface area contributed by atoms with Crippen molar-refractivity contribution in [1.82, 2.24) is 0 Å². The van der Waals surface area contributed by atoms with Gasteiger partial charge >= 0.3 is 54.6 Å². The van der Waals surface area contributed by atoms with Gasteiger partial charge in [-0.15, -0.1) is 0 Å². The van der Waals surface area contributed by atoms with Crippen LogP contribution in [0, 0.1) is 4.73 Å². The van der Waals surface area contributed by atoms with Crippen molar-refractivity contribution < 1.29 is 25.0 Å². The quantitative estimate of drug-likeness (QED) is 0.414. The van der Waals surface area contributed by atoms with Crippen molar-refractivity contribution in [2.75, 3.05) is 0 Å². The Bertz CT molecular complexity index is 154. The fourth-order valence-corrected chi connectivity index (χ4v) is 0.364. The topological polar surface area (TPSA) is 34.1 Å². The first kappa shape index (κ1) is 7.64. The molecule has 0 fully saturated rings. The summed E-state index contributed by atoms with van der Waals surface area (Å²) in [7, 11) is 0. The number of carbonyl (C=O) groups is 2. The summed E-state index contributed by atoms with van der Waals surface area (Å²) in [6, 6.07) is 0. The van der Waals surface area contributed by atoms with E-state index in [2.05, 4.69) is 15.4 Å². The van der Waals surface area contributed by atoms with Crippen LogP contribution in [0.25, 0.3) is 0 Å². The van der Waals surface area contributed by atoms with Crippen LogP contribution in [0.15, 0.2) is 0 Å². The predicted molar refractivity (Wildman–Crippen MR) is 24.2 cm³/mol. The van der Waals surface area contributed by atoms with E-state index in [4.69, 9.17) is 0 Å². The molecular formula is C5H5FeO2. The van der Waals surface area contributed by atoms with Crippen molar-refractivity contribution in [1.29, 1.82) is 0 Å². The molecule has 0 aliphatic carbocycles. The molecule has 0 spiro atoms. The van der Waals surface area contributed by atoms with Crippen LogP contribution in [-0.2, 0) is 25.0 Å². The van der Waals surface area contributed by atoms with E-state index in [1.54, 1.807) is 6.92 Å². The molecule has 3 heteroatoms. The van der Waals surface area contributed by atoms with Gasteiger partial charge in [0, 0.05) is 0 Å². The molecule has 8 heavy (non-hydrogen) atoms. The molecule has 0 unspecified atom stereocenters. The molecule has 0 aromatic rings. The van der Waals surface area contributed by atoms with Gasteiger partial charge in [0.05, 0.1) is 0 Å². The average Bonchev–Trinajstić information content (AvgIpc) is 1.84. The molecular weight excluding hydrogens is 148 g/mol. The summed E-state index contributed by atoms with van der Waals surface area (Å²) >= 11 is 3.03. The first-order valence-electron chi connectivity index (χ1n) is 2.15. The van der Waals surface area contributed by atoms with Gasteiger partial charge in [0.25, 0.3) is 0 Å². The molecule has 0 aromatic heterocycles. The van der Waals surface area contributed by atoms with Crippen LogP contribution < -0.4 is 0 Å². The molecule has 0 radical (unpaired) electrons. The third-order valence-electron chi connectivity index (χ3n) is 0.655. The van der Waals surface area contributed by atoms with E-state index in [1.807, 2.05) is 4.73 Å². The van der Waals surface area contributed by atoms with Crippen LogP contribution in [0.3, 0.4) is 0 Å². The van der Waals surface area contributed by atoms with Gasteiger partial charge in [-0.2, -0.15) is 0 Å². The Morgan fingerprint density at radius 1 is 1.62 bits per heavy atom. The Balaban J connectivity index is 3.89. The zero-order valence-corrected chi connectivity index (χ0v) is 5.48. The van der Waals surface area contributed by atoms with E-state index in [0.717, 1.165) is 0 Å². The van der Waals surface area contributed by atoms with Crippen molar-refractivity contribution >= 4 is 11.6 Å². The average molecular weight is 153 g/mol. The minimum atomic E-state index is -0.618. The second-order valence-corrected chi connectivity index (χ2v) is 1.47.